The van der Waals surface area contributed by atoms with Gasteiger partial charge in [0.1, 0.15) is 0 Å². The van der Waals surface area contributed by atoms with Gasteiger partial charge < -0.3 is 10.4 Å². The molecular weight excluding hydrogens is 252 g/mol. The van der Waals surface area contributed by atoms with Crippen LogP contribution in [-0.4, -0.2) is 22.6 Å². The third-order valence-corrected chi connectivity index (χ3v) is 2.92. The number of carbonyl (C=O) groups excluding carboxylic acids is 1. The zero-order valence-electron chi connectivity index (χ0n) is 11.2. The van der Waals surface area contributed by atoms with Gasteiger partial charge in [0.05, 0.1) is 6.42 Å². The Balaban J connectivity index is 1.94. The van der Waals surface area contributed by atoms with Gasteiger partial charge in [-0.05, 0) is 42.2 Å². The molecule has 1 heterocycles. The number of pyridine rings is 1. The molecule has 1 aromatic carbocycles. The van der Waals surface area contributed by atoms with Crippen LogP contribution < -0.4 is 5.32 Å². The molecule has 0 fully saturated rings. The molecule has 0 aliphatic rings. The van der Waals surface area contributed by atoms with E-state index in [1.54, 1.807) is 12.4 Å². The first-order valence-electron chi connectivity index (χ1n) is 6.66. The Labute approximate surface area is 118 Å². The Kier molecular flexibility index (Phi) is 5.26. The zero-order chi connectivity index (χ0) is 14.2. The van der Waals surface area contributed by atoms with Gasteiger partial charge in [-0.3, -0.25) is 9.78 Å². The Hall–Kier alpha value is -2.20. The van der Waals surface area contributed by atoms with Crippen molar-refractivity contribution in [1.29, 1.82) is 0 Å². The molecule has 0 saturated heterocycles. The third-order valence-electron chi connectivity index (χ3n) is 2.92. The highest BCUT2D eigenvalue weighted by Gasteiger charge is 2.04. The van der Waals surface area contributed by atoms with Crippen molar-refractivity contribution >= 4 is 11.6 Å². The average Bonchev–Trinajstić information content (AvgIpc) is 2.46. The van der Waals surface area contributed by atoms with Crippen molar-refractivity contribution in [3.8, 4) is 0 Å². The van der Waals surface area contributed by atoms with Crippen LogP contribution in [0.5, 0.6) is 0 Å². The van der Waals surface area contributed by atoms with Gasteiger partial charge >= 0.3 is 0 Å². The number of anilines is 1. The van der Waals surface area contributed by atoms with E-state index in [0.29, 0.717) is 6.42 Å². The molecular formula is C16H18N2O2. The molecule has 0 radical (unpaired) electrons. The minimum absolute atomic E-state index is 0.0580. The molecule has 0 bridgehead atoms. The molecule has 4 heteroatoms. The number of amides is 1. The molecule has 1 amide bonds. The van der Waals surface area contributed by atoms with Crippen LogP contribution in [-0.2, 0) is 17.6 Å². The summed E-state index contributed by atoms with van der Waals surface area (Å²) in [4.78, 5) is 15.9. The van der Waals surface area contributed by atoms with E-state index < -0.39 is 0 Å². The summed E-state index contributed by atoms with van der Waals surface area (Å²) in [6.07, 6.45) is 5.23. The van der Waals surface area contributed by atoms with Crippen LogP contribution in [0.1, 0.15) is 17.5 Å². The lowest BCUT2D eigenvalue weighted by atomic mass is 10.1. The SMILES string of the molecule is O=C(Cc1cccnc1)Nc1cccc(CCCO)c1. The Morgan fingerprint density at radius 3 is 2.80 bits per heavy atom. The minimum atomic E-state index is -0.0580. The molecule has 0 aliphatic carbocycles. The quantitative estimate of drug-likeness (QED) is 0.845. The molecule has 0 atom stereocenters. The van der Waals surface area contributed by atoms with E-state index in [1.807, 2.05) is 36.4 Å². The fourth-order valence-corrected chi connectivity index (χ4v) is 1.98. The van der Waals surface area contributed by atoms with E-state index in [4.69, 9.17) is 5.11 Å². The van der Waals surface area contributed by atoms with Crippen LogP contribution in [0, 0.1) is 0 Å². The van der Waals surface area contributed by atoms with Gasteiger partial charge in [-0.2, -0.15) is 0 Å². The van der Waals surface area contributed by atoms with E-state index in [1.165, 1.54) is 0 Å². The predicted octanol–water partition coefficient (Wildman–Crippen LogP) is 2.19. The third kappa shape index (κ3) is 4.48. The summed E-state index contributed by atoms with van der Waals surface area (Å²) in [6, 6.07) is 11.4. The highest BCUT2D eigenvalue weighted by Crippen LogP contribution is 2.12. The van der Waals surface area contributed by atoms with Gasteiger partial charge in [0.15, 0.2) is 0 Å². The lowest BCUT2D eigenvalue weighted by molar-refractivity contribution is -0.115. The number of nitrogens with zero attached hydrogens (tertiary/aromatic N) is 1. The van der Waals surface area contributed by atoms with E-state index >= 15 is 0 Å². The molecule has 4 nitrogen and oxygen atoms in total. The van der Waals surface area contributed by atoms with Gasteiger partial charge in [-0.25, -0.2) is 0 Å². The molecule has 104 valence electrons. The number of hydrogen-bond acceptors (Lipinski definition) is 3. The van der Waals surface area contributed by atoms with Gasteiger partial charge in [-0.1, -0.05) is 18.2 Å². The van der Waals surface area contributed by atoms with Crippen molar-refractivity contribution in [3.63, 3.8) is 0 Å². The molecule has 2 aromatic rings. The fourth-order valence-electron chi connectivity index (χ4n) is 1.98. The monoisotopic (exact) mass is 270 g/mol. The number of aromatic nitrogens is 1. The average molecular weight is 270 g/mol. The first-order chi connectivity index (χ1) is 9.78. The van der Waals surface area contributed by atoms with Crippen LogP contribution in [0.2, 0.25) is 0 Å². The summed E-state index contributed by atoms with van der Waals surface area (Å²) in [5, 5.41) is 11.7. The second kappa shape index (κ2) is 7.40. The van der Waals surface area contributed by atoms with E-state index in [0.717, 1.165) is 29.7 Å². The van der Waals surface area contributed by atoms with Crippen LogP contribution in [0.25, 0.3) is 0 Å². The summed E-state index contributed by atoms with van der Waals surface area (Å²) in [6.45, 7) is 0.178. The topological polar surface area (TPSA) is 62.2 Å². The molecule has 0 unspecified atom stereocenters. The lowest BCUT2D eigenvalue weighted by Gasteiger charge is -2.07. The number of aliphatic hydroxyl groups excluding tert-OH is 1. The number of nitrogens with one attached hydrogen (secondary N) is 1. The second-order valence-electron chi connectivity index (χ2n) is 4.61. The van der Waals surface area contributed by atoms with Gasteiger partial charge in [0.25, 0.3) is 0 Å². The summed E-state index contributed by atoms with van der Waals surface area (Å²) < 4.78 is 0. The Morgan fingerprint density at radius 2 is 2.05 bits per heavy atom. The van der Waals surface area contributed by atoms with Crippen LogP contribution in [0.3, 0.4) is 0 Å². The maximum atomic E-state index is 11.9. The number of rotatable bonds is 6. The van der Waals surface area contributed by atoms with Gasteiger partial charge in [0.2, 0.25) is 5.91 Å². The number of aryl methyl sites for hydroxylation is 1. The van der Waals surface area contributed by atoms with Crippen molar-refractivity contribution in [3.05, 3.63) is 59.9 Å². The first-order valence-corrected chi connectivity index (χ1v) is 6.66. The summed E-state index contributed by atoms with van der Waals surface area (Å²) >= 11 is 0. The van der Waals surface area contributed by atoms with E-state index in [2.05, 4.69) is 10.3 Å². The van der Waals surface area contributed by atoms with E-state index in [9.17, 15) is 4.79 Å². The van der Waals surface area contributed by atoms with Crippen molar-refractivity contribution in [2.45, 2.75) is 19.3 Å². The second-order valence-corrected chi connectivity index (χ2v) is 4.61. The number of hydrogen-bond donors (Lipinski definition) is 2. The molecule has 0 spiro atoms. The number of carbonyl (C=O) groups is 1. The highest BCUT2D eigenvalue weighted by atomic mass is 16.2. The molecule has 20 heavy (non-hydrogen) atoms. The summed E-state index contributed by atoms with van der Waals surface area (Å²) in [5.74, 6) is -0.0580. The standard InChI is InChI=1S/C16H18N2O2/c19-9-3-6-13-4-1-7-15(10-13)18-16(20)11-14-5-2-8-17-12-14/h1-2,4-5,7-8,10,12,19H,3,6,9,11H2,(H,18,20). The fraction of sp³-hybridized carbons (Fsp3) is 0.250. The smallest absolute Gasteiger partial charge is 0.228 e. The minimum Gasteiger partial charge on any atom is -0.396 e. The van der Waals surface area contributed by atoms with Crippen LogP contribution in [0.15, 0.2) is 48.8 Å². The molecule has 1 aromatic heterocycles. The molecule has 2 N–H and O–H groups in total. The molecule has 0 aliphatic heterocycles. The van der Waals surface area contributed by atoms with E-state index in [-0.39, 0.29) is 12.5 Å². The number of benzene rings is 1. The van der Waals surface area contributed by atoms with Crippen LogP contribution in [0.4, 0.5) is 5.69 Å². The largest absolute Gasteiger partial charge is 0.396 e. The highest BCUT2D eigenvalue weighted by molar-refractivity contribution is 5.92. The predicted molar refractivity (Wildman–Crippen MR) is 78.4 cm³/mol. The van der Waals surface area contributed by atoms with Crippen molar-refractivity contribution in [2.24, 2.45) is 0 Å². The van der Waals surface area contributed by atoms with Crippen LogP contribution >= 0.6 is 0 Å². The number of aliphatic hydroxyl groups is 1. The van der Waals surface area contributed by atoms with Crippen molar-refractivity contribution < 1.29 is 9.90 Å². The van der Waals surface area contributed by atoms with Crippen molar-refractivity contribution in [2.75, 3.05) is 11.9 Å². The summed E-state index contributed by atoms with van der Waals surface area (Å²) in [7, 11) is 0. The van der Waals surface area contributed by atoms with Crippen molar-refractivity contribution in [1.82, 2.24) is 4.98 Å². The van der Waals surface area contributed by atoms with Gasteiger partial charge in [0, 0.05) is 24.7 Å². The lowest BCUT2D eigenvalue weighted by Crippen LogP contribution is -2.14. The zero-order valence-corrected chi connectivity index (χ0v) is 11.2. The Morgan fingerprint density at radius 1 is 1.20 bits per heavy atom. The Bertz CT molecular complexity index is 555. The normalized spacial score (nSPS) is 10.2. The molecule has 0 saturated carbocycles. The maximum absolute atomic E-state index is 11.9. The maximum Gasteiger partial charge on any atom is 0.228 e. The first kappa shape index (κ1) is 14.2. The molecule has 2 rings (SSSR count). The summed E-state index contributed by atoms with van der Waals surface area (Å²) in [5.41, 5.74) is 2.79. The van der Waals surface area contributed by atoms with Gasteiger partial charge in [-0.15, -0.1) is 0 Å².